The van der Waals surface area contributed by atoms with Crippen molar-refractivity contribution in [3.63, 3.8) is 0 Å². The lowest BCUT2D eigenvalue weighted by atomic mass is 10.0. The Hall–Kier alpha value is -2.85. The predicted octanol–water partition coefficient (Wildman–Crippen LogP) is 6.00. The van der Waals surface area contributed by atoms with E-state index in [0.717, 1.165) is 12.0 Å². The summed E-state index contributed by atoms with van der Waals surface area (Å²) in [5.41, 5.74) is 1.45. The van der Waals surface area contributed by atoms with Gasteiger partial charge in [0.2, 0.25) is 0 Å². The maximum Gasteiger partial charge on any atom is 0.270 e. The number of rotatable bonds is 8. The summed E-state index contributed by atoms with van der Waals surface area (Å²) < 4.78 is 12.4. The largest absolute Gasteiger partial charge is 0.490 e. The van der Waals surface area contributed by atoms with Gasteiger partial charge in [0, 0.05) is 12.1 Å². The molecule has 0 amide bonds. The van der Waals surface area contributed by atoms with Gasteiger partial charge in [0.05, 0.1) is 33.7 Å². The number of allylic oxidation sites excluding steroid dienone is 1. The summed E-state index contributed by atoms with van der Waals surface area (Å²) in [5, 5.41) is 20.6. The summed E-state index contributed by atoms with van der Waals surface area (Å²) in [7, 11) is 0. The monoisotopic (exact) mass is 444 g/mol. The molecule has 0 heterocycles. The Kier molecular flexibility index (Phi) is 7.59. The third-order valence-corrected chi connectivity index (χ3v) is 4.61. The highest BCUT2D eigenvalue weighted by Crippen LogP contribution is 2.39. The third kappa shape index (κ3) is 5.33. The van der Waals surface area contributed by atoms with Crippen LogP contribution < -0.4 is 9.47 Å². The Morgan fingerprint density at radius 2 is 2.11 bits per heavy atom. The molecule has 0 aromatic heterocycles. The van der Waals surface area contributed by atoms with E-state index in [9.17, 15) is 15.4 Å². The average molecular weight is 445 g/mol. The topological polar surface area (TPSA) is 85.4 Å². The number of nitro groups is 1. The zero-order chi connectivity index (χ0) is 20.7. The number of nitrogens with zero attached hydrogens (tertiary/aromatic N) is 2. The van der Waals surface area contributed by atoms with Gasteiger partial charge in [0.25, 0.3) is 5.69 Å². The molecule has 0 aliphatic rings. The number of hydrogen-bond donors (Lipinski definition) is 0. The summed E-state index contributed by atoms with van der Waals surface area (Å²) in [6.45, 7) is 6.36. The van der Waals surface area contributed by atoms with Gasteiger partial charge in [0.15, 0.2) is 11.5 Å². The highest BCUT2D eigenvalue weighted by atomic mass is 79.9. The quantitative estimate of drug-likeness (QED) is 0.215. The highest BCUT2D eigenvalue weighted by molar-refractivity contribution is 9.10. The Morgan fingerprint density at radius 3 is 2.71 bits per heavy atom. The standard InChI is InChI=1S/C21H21BrN2O4/c1-4-14(3)28-21-19(22)10-15(11-20(21)27-5-2)9-17(13-23)16-7-6-8-18(12-16)24(25)26/h6-12,14H,4-5H2,1-3H3. The second-order valence-electron chi connectivity index (χ2n) is 6.08. The van der Waals surface area contributed by atoms with Crippen molar-refractivity contribution in [2.24, 2.45) is 0 Å². The van der Waals surface area contributed by atoms with Gasteiger partial charge >= 0.3 is 0 Å². The van der Waals surface area contributed by atoms with Gasteiger partial charge in [-0.2, -0.15) is 5.26 Å². The summed E-state index contributed by atoms with van der Waals surface area (Å²) in [4.78, 5) is 10.5. The van der Waals surface area contributed by atoms with Crippen molar-refractivity contribution in [3.05, 3.63) is 62.1 Å². The molecule has 0 bridgehead atoms. The minimum atomic E-state index is -0.483. The van der Waals surface area contributed by atoms with E-state index >= 15 is 0 Å². The van der Waals surface area contributed by atoms with Gasteiger partial charge in [-0.3, -0.25) is 10.1 Å². The Morgan fingerprint density at radius 1 is 1.36 bits per heavy atom. The minimum absolute atomic E-state index is 0.0245. The van der Waals surface area contributed by atoms with Crippen LogP contribution in [0, 0.1) is 21.4 Å². The van der Waals surface area contributed by atoms with Gasteiger partial charge in [0.1, 0.15) is 0 Å². The molecule has 1 atom stereocenters. The first-order valence-electron chi connectivity index (χ1n) is 8.89. The predicted molar refractivity (Wildman–Crippen MR) is 112 cm³/mol. The Labute approximate surface area is 172 Å². The van der Waals surface area contributed by atoms with Crippen LogP contribution in [0.1, 0.15) is 38.3 Å². The normalized spacial score (nSPS) is 12.2. The number of benzene rings is 2. The van der Waals surface area contributed by atoms with Crippen molar-refractivity contribution in [1.29, 1.82) is 5.26 Å². The molecule has 0 saturated carbocycles. The van der Waals surface area contributed by atoms with Crippen LogP contribution in [0.4, 0.5) is 5.69 Å². The molecule has 146 valence electrons. The van der Waals surface area contributed by atoms with Crippen LogP contribution in [0.5, 0.6) is 11.5 Å². The summed E-state index contributed by atoms with van der Waals surface area (Å²) >= 11 is 3.52. The molecule has 2 rings (SSSR count). The van der Waals surface area contributed by atoms with Crippen LogP contribution in [-0.4, -0.2) is 17.6 Å². The van der Waals surface area contributed by atoms with Gasteiger partial charge < -0.3 is 9.47 Å². The minimum Gasteiger partial charge on any atom is -0.490 e. The molecule has 0 fully saturated rings. The molecule has 0 N–H and O–H groups in total. The SMILES string of the molecule is CCOc1cc(C=C(C#N)c2cccc([N+](=O)[O-])c2)cc(Br)c1OC(C)CC. The maximum absolute atomic E-state index is 11.0. The first kappa shape index (κ1) is 21.5. The number of non-ortho nitro benzene ring substituents is 1. The van der Waals surface area contributed by atoms with E-state index in [1.807, 2.05) is 26.8 Å². The lowest BCUT2D eigenvalue weighted by Crippen LogP contribution is -2.11. The Bertz CT molecular complexity index is 934. The molecular weight excluding hydrogens is 424 g/mol. The van der Waals surface area contributed by atoms with Crippen molar-refractivity contribution in [3.8, 4) is 17.6 Å². The van der Waals surface area contributed by atoms with Gasteiger partial charge in [-0.15, -0.1) is 0 Å². The van der Waals surface area contributed by atoms with Gasteiger partial charge in [-0.05, 0) is 65.5 Å². The molecule has 1 unspecified atom stereocenters. The first-order chi connectivity index (χ1) is 13.4. The number of hydrogen-bond acceptors (Lipinski definition) is 5. The third-order valence-electron chi connectivity index (χ3n) is 4.03. The van der Waals surface area contributed by atoms with Crippen LogP contribution in [0.3, 0.4) is 0 Å². The fourth-order valence-corrected chi connectivity index (χ4v) is 3.02. The van der Waals surface area contributed by atoms with E-state index < -0.39 is 4.92 Å². The number of halogens is 1. The van der Waals surface area contributed by atoms with Crippen molar-refractivity contribution in [2.75, 3.05) is 6.61 Å². The summed E-state index contributed by atoms with van der Waals surface area (Å²) in [6, 6.07) is 11.7. The molecule has 28 heavy (non-hydrogen) atoms. The molecule has 0 aliphatic heterocycles. The van der Waals surface area contributed by atoms with Crippen molar-refractivity contribution < 1.29 is 14.4 Å². The Balaban J connectivity index is 2.49. The molecular formula is C21H21BrN2O4. The van der Waals surface area contributed by atoms with E-state index in [1.165, 1.54) is 12.1 Å². The number of nitriles is 1. The highest BCUT2D eigenvalue weighted by Gasteiger charge is 2.15. The fraction of sp³-hybridized carbons (Fsp3) is 0.286. The molecule has 0 saturated heterocycles. The fourth-order valence-electron chi connectivity index (χ4n) is 2.47. The smallest absolute Gasteiger partial charge is 0.270 e. The molecule has 2 aromatic carbocycles. The number of ether oxygens (including phenoxy) is 2. The van der Waals surface area contributed by atoms with E-state index in [2.05, 4.69) is 22.0 Å². The lowest BCUT2D eigenvalue weighted by Gasteiger charge is -2.18. The van der Waals surface area contributed by atoms with Crippen molar-refractivity contribution >= 4 is 33.3 Å². The van der Waals surface area contributed by atoms with Gasteiger partial charge in [-0.1, -0.05) is 19.1 Å². The molecule has 0 spiro atoms. The zero-order valence-electron chi connectivity index (χ0n) is 15.9. The van der Waals surface area contributed by atoms with Crippen LogP contribution in [-0.2, 0) is 0 Å². The molecule has 0 aliphatic carbocycles. The van der Waals surface area contributed by atoms with E-state index in [1.54, 1.807) is 24.3 Å². The molecule has 2 aromatic rings. The van der Waals surface area contributed by atoms with E-state index in [4.69, 9.17) is 9.47 Å². The van der Waals surface area contributed by atoms with E-state index in [-0.39, 0.29) is 11.8 Å². The van der Waals surface area contributed by atoms with Crippen LogP contribution >= 0.6 is 15.9 Å². The maximum atomic E-state index is 11.0. The van der Waals surface area contributed by atoms with Crippen molar-refractivity contribution in [1.82, 2.24) is 0 Å². The lowest BCUT2D eigenvalue weighted by molar-refractivity contribution is -0.384. The zero-order valence-corrected chi connectivity index (χ0v) is 17.5. The van der Waals surface area contributed by atoms with Gasteiger partial charge in [-0.25, -0.2) is 0 Å². The van der Waals surface area contributed by atoms with Crippen LogP contribution in [0.15, 0.2) is 40.9 Å². The first-order valence-corrected chi connectivity index (χ1v) is 9.68. The summed E-state index contributed by atoms with van der Waals surface area (Å²) in [6.07, 6.45) is 2.54. The molecule has 7 heteroatoms. The molecule has 6 nitrogen and oxygen atoms in total. The van der Waals surface area contributed by atoms with Crippen LogP contribution in [0.2, 0.25) is 0 Å². The second-order valence-corrected chi connectivity index (χ2v) is 6.93. The number of nitro benzene ring substituents is 1. The molecule has 0 radical (unpaired) electrons. The van der Waals surface area contributed by atoms with Crippen molar-refractivity contribution in [2.45, 2.75) is 33.3 Å². The average Bonchev–Trinajstić information content (AvgIpc) is 2.68. The van der Waals surface area contributed by atoms with E-state index in [0.29, 0.717) is 33.7 Å². The van der Waals surface area contributed by atoms with Crippen LogP contribution in [0.25, 0.3) is 11.6 Å². The second kappa shape index (κ2) is 9.90. The summed E-state index contributed by atoms with van der Waals surface area (Å²) in [5.74, 6) is 1.18.